The van der Waals surface area contributed by atoms with Crippen LogP contribution in [-0.2, 0) is 39.7 Å². The van der Waals surface area contributed by atoms with Gasteiger partial charge in [-0.2, -0.15) is 5.10 Å². The monoisotopic (exact) mass is 497 g/mol. The lowest BCUT2D eigenvalue weighted by Gasteiger charge is -2.13. The van der Waals surface area contributed by atoms with Crippen molar-refractivity contribution in [3.05, 3.63) is 40.6 Å². The van der Waals surface area contributed by atoms with Crippen LogP contribution in [0.3, 0.4) is 0 Å². The van der Waals surface area contributed by atoms with E-state index in [0.29, 0.717) is 35.5 Å². The van der Waals surface area contributed by atoms with Crippen LogP contribution in [0.15, 0.2) is 12.1 Å². The number of rotatable bonds is 8. The minimum atomic E-state index is -0.478. The summed E-state index contributed by atoms with van der Waals surface area (Å²) < 4.78 is 29.7. The van der Waals surface area contributed by atoms with E-state index in [0.717, 1.165) is 47.2 Å². The van der Waals surface area contributed by atoms with Crippen LogP contribution in [0.2, 0.25) is 0 Å². The van der Waals surface area contributed by atoms with Crippen molar-refractivity contribution < 1.29 is 23.5 Å². The van der Waals surface area contributed by atoms with Crippen LogP contribution < -0.4 is 0 Å². The molecule has 5 rings (SSSR count). The Morgan fingerprint density at radius 3 is 2.44 bits per heavy atom. The third-order valence-corrected chi connectivity index (χ3v) is 7.47. The van der Waals surface area contributed by atoms with Crippen molar-refractivity contribution in [2.75, 3.05) is 13.7 Å². The first-order valence-electron chi connectivity index (χ1n) is 12.9. The van der Waals surface area contributed by atoms with Gasteiger partial charge < -0.3 is 14.0 Å². The summed E-state index contributed by atoms with van der Waals surface area (Å²) in [7, 11) is 3.11. The van der Waals surface area contributed by atoms with Crippen LogP contribution in [0.5, 0.6) is 0 Å². The highest BCUT2D eigenvalue weighted by Gasteiger charge is 2.72. The van der Waals surface area contributed by atoms with E-state index in [-0.39, 0.29) is 23.9 Å². The smallest absolute Gasteiger partial charge is 0.354 e. The molecule has 2 aromatic heterocycles. The molecule has 3 aromatic rings. The van der Waals surface area contributed by atoms with E-state index in [1.54, 1.807) is 17.7 Å². The van der Waals surface area contributed by atoms with Gasteiger partial charge in [-0.05, 0) is 62.6 Å². The molecule has 0 atom stereocenters. The summed E-state index contributed by atoms with van der Waals surface area (Å²) in [4.78, 5) is 24.0. The lowest BCUT2D eigenvalue weighted by Crippen LogP contribution is -2.12. The summed E-state index contributed by atoms with van der Waals surface area (Å²) in [5.74, 6) is -0.458. The number of benzene rings is 1. The molecule has 0 bridgehead atoms. The number of hydrogen-bond acceptors (Lipinski definition) is 5. The number of esters is 2. The number of carbonyl (C=O) groups excluding carboxylic acids is 2. The lowest BCUT2D eigenvalue weighted by atomic mass is 9.97. The van der Waals surface area contributed by atoms with Gasteiger partial charge in [-0.1, -0.05) is 20.8 Å². The van der Waals surface area contributed by atoms with Gasteiger partial charge >= 0.3 is 11.9 Å². The molecular weight excluding hydrogens is 461 g/mol. The maximum Gasteiger partial charge on any atom is 0.354 e. The largest absolute Gasteiger partial charge is 0.466 e. The van der Waals surface area contributed by atoms with Crippen molar-refractivity contribution in [3.8, 4) is 11.1 Å². The fourth-order valence-electron chi connectivity index (χ4n) is 5.53. The van der Waals surface area contributed by atoms with Gasteiger partial charge in [0, 0.05) is 36.2 Å². The Kier molecular flexibility index (Phi) is 6.99. The first kappa shape index (κ1) is 25.9. The van der Waals surface area contributed by atoms with E-state index in [2.05, 4.69) is 11.6 Å². The number of aromatic nitrogens is 3. The number of carbonyl (C=O) groups is 2. The highest BCUT2D eigenvalue weighted by Crippen LogP contribution is 2.73. The van der Waals surface area contributed by atoms with Crippen molar-refractivity contribution >= 4 is 22.8 Å². The number of fused-ring (bicyclic) bond motifs is 2. The van der Waals surface area contributed by atoms with E-state index >= 15 is 4.39 Å². The fraction of sp³-hybridized carbons (Fsp3) is 0.536. The number of nitrogens with zero attached hydrogens (tertiary/aromatic N) is 3. The molecule has 0 unspecified atom stereocenters. The highest BCUT2D eigenvalue weighted by molar-refractivity contribution is 6.05. The molecule has 8 heteroatoms. The summed E-state index contributed by atoms with van der Waals surface area (Å²) in [6, 6.07) is 3.20. The van der Waals surface area contributed by atoms with Crippen LogP contribution in [0.1, 0.15) is 74.4 Å². The summed E-state index contributed by atoms with van der Waals surface area (Å²) in [5, 5.41) is 5.67. The zero-order valence-electron chi connectivity index (χ0n) is 22.3. The Labute approximate surface area is 211 Å². The molecule has 0 saturated heterocycles. The molecule has 0 amide bonds. The lowest BCUT2D eigenvalue weighted by molar-refractivity contribution is -0.141. The van der Waals surface area contributed by atoms with E-state index < -0.39 is 5.97 Å². The molecule has 2 aliphatic rings. The topological polar surface area (TPSA) is 75.4 Å². The second-order valence-electron chi connectivity index (χ2n) is 9.52. The predicted molar refractivity (Wildman–Crippen MR) is 137 cm³/mol. The van der Waals surface area contributed by atoms with Gasteiger partial charge in [0.2, 0.25) is 0 Å². The molecule has 194 valence electrons. The molecule has 0 radical (unpaired) electrons. The third-order valence-electron chi connectivity index (χ3n) is 7.47. The number of methoxy groups -OCH3 is 1. The number of hydrogen-bond donors (Lipinski definition) is 0. The SMILES string of the molecule is CC.CCc1c(-c2c(F)ccc3c(CCCOC(C)=O)c(C(=O)OC)n(C)c23)c(C)nn1C12CC1C2. The summed E-state index contributed by atoms with van der Waals surface area (Å²) in [5.41, 5.74) is 5.09. The average Bonchev–Trinajstić information content (AvgIpc) is 3.68. The van der Waals surface area contributed by atoms with Crippen molar-refractivity contribution in [2.24, 2.45) is 13.0 Å². The molecule has 0 spiro atoms. The van der Waals surface area contributed by atoms with Crippen molar-refractivity contribution in [1.82, 2.24) is 14.3 Å². The van der Waals surface area contributed by atoms with Crippen molar-refractivity contribution in [2.45, 2.75) is 72.3 Å². The van der Waals surface area contributed by atoms with Crippen molar-refractivity contribution in [3.63, 3.8) is 0 Å². The minimum Gasteiger partial charge on any atom is -0.466 e. The molecule has 2 saturated carbocycles. The molecule has 2 fully saturated rings. The second-order valence-corrected chi connectivity index (χ2v) is 9.52. The maximum atomic E-state index is 15.6. The molecule has 7 nitrogen and oxygen atoms in total. The first-order chi connectivity index (χ1) is 17.2. The van der Waals surface area contributed by atoms with Gasteiger partial charge in [-0.15, -0.1) is 0 Å². The van der Waals surface area contributed by atoms with E-state index in [4.69, 9.17) is 14.6 Å². The molecular formula is C28H36FN3O4. The molecule has 2 aliphatic carbocycles. The second kappa shape index (κ2) is 9.71. The number of aryl methyl sites for hydroxylation is 3. The van der Waals surface area contributed by atoms with Gasteiger partial charge in [0.05, 0.1) is 30.5 Å². The normalized spacial score (nSPS) is 19.4. The van der Waals surface area contributed by atoms with Crippen LogP contribution in [0, 0.1) is 18.7 Å². The zero-order chi connectivity index (χ0) is 26.4. The number of halogens is 1. The van der Waals surface area contributed by atoms with Gasteiger partial charge in [-0.25, -0.2) is 9.18 Å². The molecule has 2 heterocycles. The van der Waals surface area contributed by atoms with E-state index in [1.165, 1.54) is 20.1 Å². The van der Waals surface area contributed by atoms with Gasteiger partial charge in [0.25, 0.3) is 0 Å². The zero-order valence-corrected chi connectivity index (χ0v) is 22.3. The third kappa shape index (κ3) is 4.00. The predicted octanol–water partition coefficient (Wildman–Crippen LogP) is 5.48. The molecule has 1 aromatic carbocycles. The Morgan fingerprint density at radius 1 is 1.22 bits per heavy atom. The summed E-state index contributed by atoms with van der Waals surface area (Å²) >= 11 is 0. The molecule has 0 aliphatic heterocycles. The number of ether oxygens (including phenoxy) is 2. The Balaban J connectivity index is 0.00000148. The maximum absolute atomic E-state index is 15.6. The fourth-order valence-corrected chi connectivity index (χ4v) is 5.53. The van der Waals surface area contributed by atoms with Gasteiger partial charge in [0.1, 0.15) is 11.5 Å². The standard InChI is InChI=1S/C26H30FN3O4.C2H6/c1-6-20-21(14(2)28-30(20)26-12-16(26)13-26)22-19(27)10-9-18-17(8-7-11-34-15(3)31)24(25(32)33-5)29(4)23(18)22;1-2/h9-10,16H,6-8,11-13H2,1-5H3;1-2H3. The first-order valence-corrected chi connectivity index (χ1v) is 12.9. The van der Waals surface area contributed by atoms with Crippen LogP contribution in [-0.4, -0.2) is 40.0 Å². The van der Waals surface area contributed by atoms with Crippen LogP contribution in [0.4, 0.5) is 4.39 Å². The van der Waals surface area contributed by atoms with Crippen molar-refractivity contribution in [1.29, 1.82) is 0 Å². The molecule has 0 N–H and O–H groups in total. The summed E-state index contributed by atoms with van der Waals surface area (Å²) in [6.45, 7) is 9.63. The van der Waals surface area contributed by atoms with Gasteiger partial charge in [-0.3, -0.25) is 9.48 Å². The highest BCUT2D eigenvalue weighted by atomic mass is 19.1. The Morgan fingerprint density at radius 2 is 1.89 bits per heavy atom. The van der Waals surface area contributed by atoms with Crippen LogP contribution in [0.25, 0.3) is 22.0 Å². The Bertz CT molecular complexity index is 1330. The van der Waals surface area contributed by atoms with Crippen LogP contribution >= 0.6 is 0 Å². The summed E-state index contributed by atoms with van der Waals surface area (Å²) in [6.07, 6.45) is 4.07. The van der Waals surface area contributed by atoms with E-state index in [1.807, 2.05) is 20.8 Å². The average molecular weight is 498 g/mol. The molecule has 36 heavy (non-hydrogen) atoms. The Hall–Kier alpha value is -3.16. The minimum absolute atomic E-state index is 0.145. The van der Waals surface area contributed by atoms with Gasteiger partial charge in [0.15, 0.2) is 0 Å². The quantitative estimate of drug-likeness (QED) is 0.304. The van der Waals surface area contributed by atoms with E-state index in [9.17, 15) is 9.59 Å².